The van der Waals surface area contributed by atoms with Crippen molar-refractivity contribution < 1.29 is 44.3 Å². The Morgan fingerprint density at radius 3 is 0.964 bits per heavy atom. The summed E-state index contributed by atoms with van der Waals surface area (Å²) in [6.07, 6.45) is 0. The number of rotatable bonds is 9. The maximum atomic E-state index is 6.69. The van der Waals surface area contributed by atoms with E-state index in [1.165, 1.54) is 64.5 Å². The third kappa shape index (κ3) is 10.2. The predicted molar refractivity (Wildman–Crippen MR) is 232 cm³/mol. The van der Waals surface area contributed by atoms with Crippen LogP contribution in [0.5, 0.6) is 0 Å². The maximum absolute atomic E-state index is 6.69. The number of hydrogen-bond donors (Lipinski definition) is 0. The van der Waals surface area contributed by atoms with Gasteiger partial charge in [-0.05, 0) is 101 Å². The Morgan fingerprint density at radius 1 is 0.400 bits per heavy atom. The SMILES string of the molecule is CN(C)CC[NH-].[Cl-].[Cl-].[Ru+3].c1ccc(P(c2ccccc2)c2ccc3ccccc3c2-c2c(P(c3ccccc3)c3ccccc3)ccc3ccccc23)cc1. The zero-order valence-electron chi connectivity index (χ0n) is 30.8. The Hall–Kier alpha value is -3.74. The Morgan fingerprint density at radius 2 is 0.691 bits per heavy atom. The summed E-state index contributed by atoms with van der Waals surface area (Å²) < 4.78 is 0. The number of benzene rings is 8. The number of nitrogens with one attached hydrogen (secondary N) is 1. The van der Waals surface area contributed by atoms with Crippen LogP contribution < -0.4 is 56.6 Å². The molecule has 0 fully saturated rings. The molecule has 0 atom stereocenters. The van der Waals surface area contributed by atoms with Crippen LogP contribution in [0.25, 0.3) is 38.4 Å². The molecule has 0 bridgehead atoms. The zero-order valence-corrected chi connectivity index (χ0v) is 35.9. The fourth-order valence-electron chi connectivity index (χ4n) is 6.80. The van der Waals surface area contributed by atoms with E-state index in [0.29, 0.717) is 6.54 Å². The van der Waals surface area contributed by atoms with Crippen LogP contribution in [0.3, 0.4) is 0 Å². The van der Waals surface area contributed by atoms with Crippen LogP contribution in [0.2, 0.25) is 0 Å². The second kappa shape index (κ2) is 21.5. The van der Waals surface area contributed by atoms with Gasteiger partial charge in [0, 0.05) is 0 Å². The van der Waals surface area contributed by atoms with Gasteiger partial charge in [0.2, 0.25) is 0 Å². The molecular formula is C48H43Cl2N2P2Ru. The van der Waals surface area contributed by atoms with E-state index in [0.717, 1.165) is 6.54 Å². The van der Waals surface area contributed by atoms with Gasteiger partial charge in [0.1, 0.15) is 0 Å². The van der Waals surface area contributed by atoms with Crippen molar-refractivity contribution in [2.24, 2.45) is 0 Å². The van der Waals surface area contributed by atoms with E-state index in [9.17, 15) is 0 Å². The minimum Gasteiger partial charge on any atom is -1.00 e. The van der Waals surface area contributed by atoms with Gasteiger partial charge in [-0.1, -0.05) is 194 Å². The average molecular weight is 882 g/mol. The Labute approximate surface area is 354 Å². The summed E-state index contributed by atoms with van der Waals surface area (Å²) in [7, 11) is 2.23. The van der Waals surface area contributed by atoms with E-state index in [2.05, 4.69) is 194 Å². The summed E-state index contributed by atoms with van der Waals surface area (Å²) in [5.74, 6) is 0. The topological polar surface area (TPSA) is 27.0 Å². The van der Waals surface area contributed by atoms with Gasteiger partial charge in [-0.15, -0.1) is 6.54 Å². The molecule has 0 aliphatic heterocycles. The standard InChI is InChI=1S/C44H32P2.C4H11N2.2ClH.Ru/c1-5-19-35(20-6-1)45(36-21-7-2-8-22-36)41-31-29-33-17-13-15-27-39(33)43(41)44-40-28-16-14-18-34(40)30-32-42(44)46(37-23-9-3-10-24-37)38-25-11-4-12-26-38;1-6(2)4-3-5;;;/h1-32H;5H,3-4H2,1-2H3;2*1H;/q;-1;;;+3/p-2. The summed E-state index contributed by atoms with van der Waals surface area (Å²) in [5, 5.41) is 13.3. The maximum Gasteiger partial charge on any atom is 3.00 e. The molecule has 8 aromatic carbocycles. The molecule has 0 aliphatic carbocycles. The third-order valence-electron chi connectivity index (χ3n) is 9.16. The van der Waals surface area contributed by atoms with Crippen molar-refractivity contribution in [2.45, 2.75) is 0 Å². The molecule has 1 radical (unpaired) electrons. The van der Waals surface area contributed by atoms with Crippen molar-refractivity contribution >= 4 is 69.2 Å². The molecule has 8 aromatic rings. The van der Waals surface area contributed by atoms with Crippen LogP contribution in [-0.4, -0.2) is 32.1 Å². The van der Waals surface area contributed by atoms with Crippen LogP contribution in [-0.2, 0) is 19.5 Å². The fraction of sp³-hybridized carbons (Fsp3) is 0.0833. The van der Waals surface area contributed by atoms with E-state index in [1.54, 1.807) is 0 Å². The summed E-state index contributed by atoms with van der Waals surface area (Å²) in [6, 6.07) is 71.8. The van der Waals surface area contributed by atoms with Gasteiger partial charge in [0.25, 0.3) is 0 Å². The van der Waals surface area contributed by atoms with Crippen LogP contribution in [0, 0.1) is 0 Å². The van der Waals surface area contributed by atoms with Gasteiger partial charge in [0.05, 0.1) is 0 Å². The molecule has 0 spiro atoms. The Bertz CT molecular complexity index is 2120. The summed E-state index contributed by atoms with van der Waals surface area (Å²) in [4.78, 5) is 1.99. The van der Waals surface area contributed by atoms with Crippen molar-refractivity contribution in [2.75, 3.05) is 27.2 Å². The largest absolute Gasteiger partial charge is 3.00 e. The van der Waals surface area contributed by atoms with Gasteiger partial charge in [-0.3, -0.25) is 0 Å². The molecule has 0 aromatic heterocycles. The monoisotopic (exact) mass is 881 g/mol. The molecule has 0 saturated heterocycles. The first-order valence-corrected chi connectivity index (χ1v) is 20.5. The van der Waals surface area contributed by atoms with Crippen molar-refractivity contribution in [3.8, 4) is 11.1 Å². The molecule has 0 heterocycles. The first-order valence-electron chi connectivity index (χ1n) is 17.8. The molecular weight excluding hydrogens is 838 g/mol. The van der Waals surface area contributed by atoms with Gasteiger partial charge in [-0.25, -0.2) is 0 Å². The molecule has 0 aliphatic rings. The molecule has 8 rings (SSSR count). The van der Waals surface area contributed by atoms with Crippen molar-refractivity contribution in [1.29, 1.82) is 0 Å². The molecule has 0 unspecified atom stereocenters. The first-order chi connectivity index (χ1) is 25.6. The molecule has 55 heavy (non-hydrogen) atoms. The van der Waals surface area contributed by atoms with E-state index < -0.39 is 15.8 Å². The Kier molecular flexibility index (Phi) is 17.2. The number of halogens is 2. The molecule has 7 heteroatoms. The average Bonchev–Trinajstić information content (AvgIpc) is 3.20. The third-order valence-corrected chi connectivity index (χ3v) is 14.1. The first kappa shape index (κ1) is 44.0. The minimum atomic E-state index is -0.852. The summed E-state index contributed by atoms with van der Waals surface area (Å²) >= 11 is 0. The summed E-state index contributed by atoms with van der Waals surface area (Å²) in [6.45, 7) is 1.38. The van der Waals surface area contributed by atoms with Gasteiger partial charge in [-0.2, -0.15) is 0 Å². The zero-order chi connectivity index (χ0) is 35.7. The van der Waals surface area contributed by atoms with E-state index >= 15 is 0 Å². The van der Waals surface area contributed by atoms with Crippen LogP contribution >= 0.6 is 15.8 Å². The van der Waals surface area contributed by atoms with Crippen LogP contribution in [0.1, 0.15) is 0 Å². The van der Waals surface area contributed by atoms with Gasteiger partial charge >= 0.3 is 19.5 Å². The normalized spacial score (nSPS) is 10.7. The second-order valence-electron chi connectivity index (χ2n) is 12.9. The molecule has 1 N–H and O–H groups in total. The van der Waals surface area contributed by atoms with Crippen molar-refractivity contribution in [3.63, 3.8) is 0 Å². The predicted octanol–water partition coefficient (Wildman–Crippen LogP) is 3.78. The second-order valence-corrected chi connectivity index (χ2v) is 17.3. The van der Waals surface area contributed by atoms with E-state index in [-0.39, 0.29) is 44.3 Å². The molecule has 277 valence electrons. The summed E-state index contributed by atoms with van der Waals surface area (Å²) in [5.41, 5.74) is 9.39. The fourth-order valence-corrected chi connectivity index (χ4v) is 11.8. The van der Waals surface area contributed by atoms with Crippen molar-refractivity contribution in [3.05, 3.63) is 200 Å². The van der Waals surface area contributed by atoms with Crippen LogP contribution in [0.4, 0.5) is 0 Å². The Balaban J connectivity index is 0.000000695. The molecule has 0 saturated carbocycles. The van der Waals surface area contributed by atoms with Gasteiger partial charge < -0.3 is 35.4 Å². The van der Waals surface area contributed by atoms with E-state index in [4.69, 9.17) is 5.73 Å². The molecule has 0 amide bonds. The number of nitrogens with zero attached hydrogens (tertiary/aromatic N) is 1. The minimum absolute atomic E-state index is 0. The number of fused-ring (bicyclic) bond motifs is 2. The number of likely N-dealkylation sites (N-methyl/N-ethyl adjacent to an activating group) is 1. The quantitative estimate of drug-likeness (QED) is 0.161. The number of hydrogen-bond acceptors (Lipinski definition) is 1. The van der Waals surface area contributed by atoms with Crippen LogP contribution in [0.15, 0.2) is 194 Å². The molecule has 2 nitrogen and oxygen atoms in total. The smallest absolute Gasteiger partial charge is 1.00 e. The van der Waals surface area contributed by atoms with Gasteiger partial charge in [0.15, 0.2) is 0 Å². The van der Waals surface area contributed by atoms with E-state index in [1.807, 2.05) is 19.0 Å². The van der Waals surface area contributed by atoms with Crippen molar-refractivity contribution in [1.82, 2.24) is 4.90 Å².